The Morgan fingerprint density at radius 2 is 2.28 bits per heavy atom. The van der Waals surface area contributed by atoms with Crippen LogP contribution in [0.25, 0.3) is 0 Å². The molecule has 0 radical (unpaired) electrons. The van der Waals surface area contributed by atoms with Crippen LogP contribution in [0.1, 0.15) is 46.0 Å². The van der Waals surface area contributed by atoms with Crippen LogP contribution in [0.15, 0.2) is 0 Å². The predicted octanol–water partition coefficient (Wildman–Crippen LogP) is 1.55. The van der Waals surface area contributed by atoms with Crippen LogP contribution in [-0.4, -0.2) is 35.8 Å². The Morgan fingerprint density at radius 3 is 3.00 bits per heavy atom. The van der Waals surface area contributed by atoms with Gasteiger partial charge in [0, 0.05) is 32.0 Å². The van der Waals surface area contributed by atoms with Gasteiger partial charge in [-0.05, 0) is 24.7 Å². The molecule has 2 aliphatic heterocycles. The van der Waals surface area contributed by atoms with Gasteiger partial charge in [0.2, 0.25) is 11.8 Å². The number of nitrogens with zero attached hydrogens (tertiary/aromatic N) is 1. The van der Waals surface area contributed by atoms with E-state index in [2.05, 4.69) is 19.2 Å². The summed E-state index contributed by atoms with van der Waals surface area (Å²) in [6.07, 6.45) is 4.20. The number of fused-ring (bicyclic) bond motifs is 1. The van der Waals surface area contributed by atoms with Gasteiger partial charge in [-0.15, -0.1) is 0 Å². The van der Waals surface area contributed by atoms with Gasteiger partial charge in [-0.2, -0.15) is 0 Å². The van der Waals surface area contributed by atoms with Gasteiger partial charge in [0.05, 0.1) is 0 Å². The zero-order valence-electron chi connectivity index (χ0n) is 11.4. The third kappa shape index (κ3) is 3.03. The van der Waals surface area contributed by atoms with Crippen LogP contribution < -0.4 is 5.32 Å². The molecule has 2 rings (SSSR count). The normalized spacial score (nSPS) is 29.4. The van der Waals surface area contributed by atoms with Crippen molar-refractivity contribution in [1.82, 2.24) is 10.2 Å². The number of piperidine rings is 2. The van der Waals surface area contributed by atoms with Gasteiger partial charge in [-0.3, -0.25) is 9.59 Å². The summed E-state index contributed by atoms with van der Waals surface area (Å²) in [5.41, 5.74) is 0. The molecule has 4 nitrogen and oxygen atoms in total. The van der Waals surface area contributed by atoms with Crippen molar-refractivity contribution in [3.63, 3.8) is 0 Å². The van der Waals surface area contributed by atoms with Crippen LogP contribution in [0.3, 0.4) is 0 Å². The maximum Gasteiger partial charge on any atom is 0.222 e. The molecule has 3 unspecified atom stereocenters. The van der Waals surface area contributed by atoms with Gasteiger partial charge in [-0.1, -0.05) is 20.3 Å². The van der Waals surface area contributed by atoms with Crippen molar-refractivity contribution in [2.75, 3.05) is 13.1 Å². The first kappa shape index (κ1) is 13.4. The fraction of sp³-hybridized carbons (Fsp3) is 0.857. The van der Waals surface area contributed by atoms with Crippen molar-refractivity contribution in [1.29, 1.82) is 0 Å². The number of nitrogens with one attached hydrogen (secondary N) is 1. The number of hydrogen-bond donors (Lipinski definition) is 1. The molecule has 0 aromatic carbocycles. The van der Waals surface area contributed by atoms with Crippen molar-refractivity contribution < 1.29 is 9.59 Å². The zero-order chi connectivity index (χ0) is 13.1. The fourth-order valence-corrected chi connectivity index (χ4v) is 2.91. The molecule has 2 fully saturated rings. The first-order chi connectivity index (χ1) is 8.60. The summed E-state index contributed by atoms with van der Waals surface area (Å²) in [6.45, 7) is 5.89. The van der Waals surface area contributed by atoms with E-state index < -0.39 is 0 Å². The lowest BCUT2D eigenvalue weighted by Crippen LogP contribution is -2.55. The third-order valence-corrected chi connectivity index (χ3v) is 4.40. The molecule has 3 atom stereocenters. The fourth-order valence-electron chi connectivity index (χ4n) is 2.91. The first-order valence-electron chi connectivity index (χ1n) is 7.17. The SMILES string of the molecule is CCC(C)CC(=O)N1CCC2NC(=O)CCC2C1. The molecule has 0 aromatic rings. The Kier molecular flexibility index (Phi) is 4.25. The smallest absolute Gasteiger partial charge is 0.222 e. The van der Waals surface area contributed by atoms with Gasteiger partial charge in [0.25, 0.3) is 0 Å². The second-order valence-corrected chi connectivity index (χ2v) is 5.82. The van der Waals surface area contributed by atoms with Gasteiger partial charge >= 0.3 is 0 Å². The summed E-state index contributed by atoms with van der Waals surface area (Å²) < 4.78 is 0. The highest BCUT2D eigenvalue weighted by molar-refractivity contribution is 5.78. The van der Waals surface area contributed by atoms with E-state index in [1.54, 1.807) is 0 Å². The summed E-state index contributed by atoms with van der Waals surface area (Å²) in [7, 11) is 0. The third-order valence-electron chi connectivity index (χ3n) is 4.40. The van der Waals surface area contributed by atoms with Gasteiger partial charge < -0.3 is 10.2 Å². The minimum Gasteiger partial charge on any atom is -0.353 e. The highest BCUT2D eigenvalue weighted by Crippen LogP contribution is 2.26. The van der Waals surface area contributed by atoms with Gasteiger partial charge in [-0.25, -0.2) is 0 Å². The van der Waals surface area contributed by atoms with Crippen LogP contribution in [0.5, 0.6) is 0 Å². The van der Waals surface area contributed by atoms with E-state index in [1.165, 1.54) is 0 Å². The van der Waals surface area contributed by atoms with Crippen molar-refractivity contribution >= 4 is 11.8 Å². The summed E-state index contributed by atoms with van der Waals surface area (Å²) in [5.74, 6) is 1.41. The number of amides is 2. The number of rotatable bonds is 3. The van der Waals surface area contributed by atoms with Crippen LogP contribution in [-0.2, 0) is 9.59 Å². The number of hydrogen-bond acceptors (Lipinski definition) is 2. The molecule has 4 heteroatoms. The minimum atomic E-state index is 0.177. The number of carbonyl (C=O) groups excluding carboxylic acids is 2. The van der Waals surface area contributed by atoms with E-state index in [0.717, 1.165) is 32.4 Å². The molecule has 0 aromatic heterocycles. The standard InChI is InChI=1S/C14H24N2O2/c1-3-10(2)8-14(18)16-7-6-12-11(9-16)4-5-13(17)15-12/h10-12H,3-9H2,1-2H3,(H,15,17). The molecule has 0 saturated carbocycles. The molecule has 102 valence electrons. The monoisotopic (exact) mass is 252 g/mol. The summed E-state index contributed by atoms with van der Waals surface area (Å²) >= 11 is 0. The average molecular weight is 252 g/mol. The molecule has 2 aliphatic rings. The second kappa shape index (κ2) is 5.72. The van der Waals surface area contributed by atoms with E-state index in [-0.39, 0.29) is 5.91 Å². The quantitative estimate of drug-likeness (QED) is 0.828. The Labute approximate surface area is 109 Å². The van der Waals surface area contributed by atoms with Crippen LogP contribution in [0, 0.1) is 11.8 Å². The zero-order valence-corrected chi connectivity index (χ0v) is 11.4. The van der Waals surface area contributed by atoms with Gasteiger partial charge in [0.1, 0.15) is 0 Å². The molecule has 2 heterocycles. The van der Waals surface area contributed by atoms with E-state index in [0.29, 0.717) is 36.6 Å². The minimum absolute atomic E-state index is 0.177. The molecule has 1 N–H and O–H groups in total. The van der Waals surface area contributed by atoms with E-state index >= 15 is 0 Å². The second-order valence-electron chi connectivity index (χ2n) is 5.82. The van der Waals surface area contributed by atoms with Crippen LogP contribution >= 0.6 is 0 Å². The van der Waals surface area contributed by atoms with Crippen molar-refractivity contribution in [2.45, 2.75) is 52.0 Å². The van der Waals surface area contributed by atoms with E-state index in [9.17, 15) is 9.59 Å². The molecule has 18 heavy (non-hydrogen) atoms. The lowest BCUT2D eigenvalue weighted by atomic mass is 9.85. The summed E-state index contributed by atoms with van der Waals surface area (Å²) in [4.78, 5) is 25.5. The average Bonchev–Trinajstić information content (AvgIpc) is 2.37. The molecule has 0 spiro atoms. The first-order valence-corrected chi connectivity index (χ1v) is 7.17. The Hall–Kier alpha value is -1.06. The van der Waals surface area contributed by atoms with Gasteiger partial charge in [0.15, 0.2) is 0 Å². The molecule has 2 amide bonds. The lowest BCUT2D eigenvalue weighted by molar-refractivity contribution is -0.135. The summed E-state index contributed by atoms with van der Waals surface area (Å²) in [6, 6.07) is 0.305. The van der Waals surface area contributed by atoms with E-state index in [1.807, 2.05) is 4.90 Å². The van der Waals surface area contributed by atoms with Crippen LogP contribution in [0.2, 0.25) is 0 Å². The molecular formula is C14H24N2O2. The topological polar surface area (TPSA) is 49.4 Å². The van der Waals surface area contributed by atoms with Crippen molar-refractivity contribution in [3.8, 4) is 0 Å². The van der Waals surface area contributed by atoms with Crippen molar-refractivity contribution in [3.05, 3.63) is 0 Å². The maximum atomic E-state index is 12.1. The van der Waals surface area contributed by atoms with Crippen molar-refractivity contribution in [2.24, 2.45) is 11.8 Å². The number of likely N-dealkylation sites (tertiary alicyclic amines) is 1. The maximum absolute atomic E-state index is 12.1. The Morgan fingerprint density at radius 1 is 1.50 bits per heavy atom. The van der Waals surface area contributed by atoms with Crippen LogP contribution in [0.4, 0.5) is 0 Å². The molecule has 0 aliphatic carbocycles. The molecule has 0 bridgehead atoms. The summed E-state index contributed by atoms with van der Waals surface area (Å²) in [5, 5.41) is 3.05. The lowest BCUT2D eigenvalue weighted by Gasteiger charge is -2.41. The molecular weight excluding hydrogens is 228 g/mol. The largest absolute Gasteiger partial charge is 0.353 e. The molecule has 2 saturated heterocycles. The Bertz CT molecular complexity index is 330. The highest BCUT2D eigenvalue weighted by Gasteiger charge is 2.35. The predicted molar refractivity (Wildman–Crippen MR) is 69.9 cm³/mol. The van der Waals surface area contributed by atoms with E-state index in [4.69, 9.17) is 0 Å². The Balaban J connectivity index is 1.87. The highest BCUT2D eigenvalue weighted by atomic mass is 16.2. The number of carbonyl (C=O) groups is 2.